The monoisotopic (exact) mass is 354 g/mol. The first-order valence-corrected chi connectivity index (χ1v) is 8.97. The van der Waals surface area contributed by atoms with E-state index in [9.17, 15) is 4.79 Å². The summed E-state index contributed by atoms with van der Waals surface area (Å²) in [5.74, 6) is 2.29. The van der Waals surface area contributed by atoms with Gasteiger partial charge in [0.1, 0.15) is 13.2 Å². The Hall–Kier alpha value is -2.67. The van der Waals surface area contributed by atoms with Crippen LogP contribution in [0.1, 0.15) is 16.8 Å². The van der Waals surface area contributed by atoms with Crippen molar-refractivity contribution in [1.29, 1.82) is 0 Å². The molecule has 0 N–H and O–H groups in total. The number of piperazine rings is 1. The van der Waals surface area contributed by atoms with E-state index in [2.05, 4.69) is 19.8 Å². The van der Waals surface area contributed by atoms with Gasteiger partial charge in [-0.15, -0.1) is 0 Å². The molecule has 0 atom stereocenters. The molecule has 4 rings (SSSR count). The van der Waals surface area contributed by atoms with Crippen LogP contribution >= 0.6 is 0 Å². The van der Waals surface area contributed by atoms with Crippen LogP contribution in [0.15, 0.2) is 36.7 Å². The largest absolute Gasteiger partial charge is 0.486 e. The lowest BCUT2D eigenvalue weighted by molar-refractivity contribution is 0.0961. The number of aromatic nitrogens is 2. The Morgan fingerprint density at radius 1 is 1.00 bits per heavy atom. The van der Waals surface area contributed by atoms with E-state index < -0.39 is 0 Å². The zero-order valence-corrected chi connectivity index (χ0v) is 14.6. The average Bonchev–Trinajstić information content (AvgIpc) is 2.72. The van der Waals surface area contributed by atoms with Gasteiger partial charge in [0.25, 0.3) is 0 Å². The number of fused-ring (bicyclic) bond motifs is 1. The number of rotatable bonds is 5. The number of carbonyl (C=O) groups is 1. The predicted molar refractivity (Wildman–Crippen MR) is 97.1 cm³/mol. The van der Waals surface area contributed by atoms with Gasteiger partial charge in [-0.25, -0.2) is 9.97 Å². The highest BCUT2D eigenvalue weighted by atomic mass is 16.6. The summed E-state index contributed by atoms with van der Waals surface area (Å²) in [6.07, 6.45) is 4.03. The molecular formula is C19H22N4O3. The number of hydrogen-bond donors (Lipinski definition) is 0. The molecule has 3 heterocycles. The minimum absolute atomic E-state index is 0.135. The molecule has 0 amide bonds. The Morgan fingerprint density at radius 3 is 2.50 bits per heavy atom. The van der Waals surface area contributed by atoms with Crippen molar-refractivity contribution < 1.29 is 14.3 Å². The lowest BCUT2D eigenvalue weighted by Gasteiger charge is -2.34. The molecule has 0 saturated carbocycles. The molecule has 0 radical (unpaired) electrons. The molecule has 0 bridgehead atoms. The summed E-state index contributed by atoms with van der Waals surface area (Å²) in [4.78, 5) is 25.6. The van der Waals surface area contributed by atoms with Crippen molar-refractivity contribution in [3.05, 3.63) is 42.2 Å². The summed E-state index contributed by atoms with van der Waals surface area (Å²) in [6.45, 7) is 5.42. The predicted octanol–water partition coefficient (Wildman–Crippen LogP) is 1.64. The van der Waals surface area contributed by atoms with Crippen LogP contribution in [0.5, 0.6) is 11.5 Å². The quantitative estimate of drug-likeness (QED) is 0.756. The van der Waals surface area contributed by atoms with Crippen molar-refractivity contribution in [3.63, 3.8) is 0 Å². The van der Waals surface area contributed by atoms with E-state index in [0.29, 0.717) is 36.7 Å². The first kappa shape index (κ1) is 16.8. The number of carbonyl (C=O) groups excluding carboxylic acids is 1. The van der Waals surface area contributed by atoms with Crippen molar-refractivity contribution >= 4 is 11.7 Å². The van der Waals surface area contributed by atoms with Gasteiger partial charge in [-0.2, -0.15) is 0 Å². The van der Waals surface area contributed by atoms with Crippen LogP contribution in [-0.2, 0) is 0 Å². The smallest absolute Gasteiger partial charge is 0.225 e. The lowest BCUT2D eigenvalue weighted by Crippen LogP contribution is -2.47. The van der Waals surface area contributed by atoms with Crippen LogP contribution in [0.3, 0.4) is 0 Å². The average molecular weight is 354 g/mol. The first-order chi connectivity index (χ1) is 12.8. The highest BCUT2D eigenvalue weighted by molar-refractivity contribution is 5.96. The zero-order valence-electron chi connectivity index (χ0n) is 14.6. The Bertz CT molecular complexity index is 761. The number of ketones is 1. The van der Waals surface area contributed by atoms with Crippen LogP contribution in [0, 0.1) is 0 Å². The Morgan fingerprint density at radius 2 is 1.73 bits per heavy atom. The molecule has 1 aromatic carbocycles. The van der Waals surface area contributed by atoms with E-state index in [1.165, 1.54) is 0 Å². The second kappa shape index (κ2) is 7.70. The van der Waals surface area contributed by atoms with Gasteiger partial charge in [-0.3, -0.25) is 9.69 Å². The molecule has 2 aromatic rings. The fourth-order valence-corrected chi connectivity index (χ4v) is 3.25. The highest BCUT2D eigenvalue weighted by Gasteiger charge is 2.20. The fraction of sp³-hybridized carbons (Fsp3) is 0.421. The molecule has 2 aliphatic rings. The molecule has 1 fully saturated rings. The normalized spacial score (nSPS) is 17.2. The molecule has 136 valence electrons. The van der Waals surface area contributed by atoms with Crippen LogP contribution in [0.4, 0.5) is 5.95 Å². The van der Waals surface area contributed by atoms with Gasteiger partial charge in [0.15, 0.2) is 17.3 Å². The zero-order chi connectivity index (χ0) is 17.8. The maximum atomic E-state index is 12.5. The number of nitrogens with zero attached hydrogens (tertiary/aromatic N) is 4. The molecule has 26 heavy (non-hydrogen) atoms. The summed E-state index contributed by atoms with van der Waals surface area (Å²) >= 11 is 0. The topological polar surface area (TPSA) is 67.8 Å². The van der Waals surface area contributed by atoms with E-state index >= 15 is 0 Å². The van der Waals surface area contributed by atoms with Crippen LogP contribution in [-0.4, -0.2) is 66.6 Å². The van der Waals surface area contributed by atoms with Crippen molar-refractivity contribution in [2.75, 3.05) is 50.8 Å². The molecule has 1 saturated heterocycles. The number of hydrogen-bond acceptors (Lipinski definition) is 7. The van der Waals surface area contributed by atoms with Gasteiger partial charge < -0.3 is 14.4 Å². The Kier molecular flexibility index (Phi) is 4.97. The third kappa shape index (κ3) is 3.77. The second-order valence-corrected chi connectivity index (χ2v) is 6.41. The fourth-order valence-electron chi connectivity index (χ4n) is 3.25. The summed E-state index contributed by atoms with van der Waals surface area (Å²) in [7, 11) is 0. The van der Waals surface area contributed by atoms with Crippen molar-refractivity contribution in [2.45, 2.75) is 6.42 Å². The summed E-state index contributed by atoms with van der Waals surface area (Å²) < 4.78 is 11.1. The molecule has 0 spiro atoms. The van der Waals surface area contributed by atoms with E-state index in [-0.39, 0.29) is 5.78 Å². The summed E-state index contributed by atoms with van der Waals surface area (Å²) in [5, 5.41) is 0. The third-order valence-electron chi connectivity index (χ3n) is 4.73. The van der Waals surface area contributed by atoms with Crippen molar-refractivity contribution in [3.8, 4) is 11.5 Å². The second-order valence-electron chi connectivity index (χ2n) is 6.41. The van der Waals surface area contributed by atoms with Gasteiger partial charge in [0, 0.05) is 57.1 Å². The maximum Gasteiger partial charge on any atom is 0.225 e. The molecule has 1 aromatic heterocycles. The molecule has 0 unspecified atom stereocenters. The van der Waals surface area contributed by atoms with Gasteiger partial charge in [0.2, 0.25) is 5.95 Å². The molecule has 7 nitrogen and oxygen atoms in total. The molecule has 2 aliphatic heterocycles. The molecule has 7 heteroatoms. The van der Waals surface area contributed by atoms with Crippen molar-refractivity contribution in [2.24, 2.45) is 0 Å². The Balaban J connectivity index is 1.28. The van der Waals surface area contributed by atoms with Gasteiger partial charge in [0.05, 0.1) is 0 Å². The van der Waals surface area contributed by atoms with E-state index in [1.807, 2.05) is 18.2 Å². The maximum absolute atomic E-state index is 12.5. The van der Waals surface area contributed by atoms with E-state index in [1.54, 1.807) is 18.5 Å². The molecule has 0 aliphatic carbocycles. The van der Waals surface area contributed by atoms with Crippen molar-refractivity contribution in [1.82, 2.24) is 14.9 Å². The number of Topliss-reactive ketones (excluding diaryl/α,β-unsaturated/α-hetero) is 1. The molecular weight excluding hydrogens is 332 g/mol. The minimum Gasteiger partial charge on any atom is -0.486 e. The highest BCUT2D eigenvalue weighted by Crippen LogP contribution is 2.31. The minimum atomic E-state index is 0.135. The lowest BCUT2D eigenvalue weighted by atomic mass is 10.1. The SMILES string of the molecule is O=C(CCN1CCN(c2ncccn2)CC1)c1ccc2c(c1)OCCO2. The number of anilines is 1. The van der Waals surface area contributed by atoms with Crippen LogP contribution in [0.2, 0.25) is 0 Å². The summed E-state index contributed by atoms with van der Waals surface area (Å²) in [6, 6.07) is 7.26. The van der Waals surface area contributed by atoms with E-state index in [0.717, 1.165) is 38.7 Å². The third-order valence-corrected chi connectivity index (χ3v) is 4.73. The standard InChI is InChI=1S/C19H22N4O3/c24-16(15-2-3-17-18(14-15)26-13-12-25-17)4-7-22-8-10-23(11-9-22)19-20-5-1-6-21-19/h1-3,5-6,14H,4,7-13H2. The van der Waals surface area contributed by atoms with E-state index in [4.69, 9.17) is 9.47 Å². The van der Waals surface area contributed by atoms with Gasteiger partial charge in [-0.1, -0.05) is 0 Å². The Labute approximate surface area is 152 Å². The summed E-state index contributed by atoms with van der Waals surface area (Å²) in [5.41, 5.74) is 0.686. The number of ether oxygens (including phenoxy) is 2. The van der Waals surface area contributed by atoms with Crippen LogP contribution < -0.4 is 14.4 Å². The number of benzene rings is 1. The first-order valence-electron chi connectivity index (χ1n) is 8.97. The van der Waals surface area contributed by atoms with Gasteiger partial charge >= 0.3 is 0 Å². The van der Waals surface area contributed by atoms with Gasteiger partial charge in [-0.05, 0) is 24.3 Å². The van der Waals surface area contributed by atoms with Crippen LogP contribution in [0.25, 0.3) is 0 Å².